The summed E-state index contributed by atoms with van der Waals surface area (Å²) in [5.74, 6) is -0.0223. The lowest BCUT2D eigenvalue weighted by Crippen LogP contribution is -2.56. The minimum absolute atomic E-state index is 0.0223. The van der Waals surface area contributed by atoms with Crippen molar-refractivity contribution in [1.82, 2.24) is 10.2 Å². The monoisotopic (exact) mass is 245 g/mol. The van der Waals surface area contributed by atoms with Crippen LogP contribution in [0.1, 0.15) is 13.8 Å². The van der Waals surface area contributed by atoms with E-state index in [1.807, 2.05) is 18.7 Å². The summed E-state index contributed by atoms with van der Waals surface area (Å²) < 4.78 is 5.31. The van der Waals surface area contributed by atoms with Crippen molar-refractivity contribution in [3.05, 3.63) is 0 Å². The Morgan fingerprint density at radius 1 is 1.69 bits per heavy atom. The lowest BCUT2D eigenvalue weighted by molar-refractivity contribution is -0.132. The van der Waals surface area contributed by atoms with Crippen LogP contribution in [0.2, 0.25) is 0 Å². The highest BCUT2D eigenvalue weighted by Gasteiger charge is 2.29. The van der Waals surface area contributed by atoms with E-state index in [0.29, 0.717) is 31.3 Å². The Morgan fingerprint density at radius 2 is 2.38 bits per heavy atom. The number of hydrogen-bond donors (Lipinski definition) is 2. The number of carbonyl (C=O) groups is 1. The fraction of sp³-hybridized carbons (Fsp3) is 0.800. The molecule has 6 heteroatoms. The number of carbonyl (C=O) groups excluding carboxylic acids is 1. The van der Waals surface area contributed by atoms with Crippen molar-refractivity contribution in [2.75, 3.05) is 26.3 Å². The Hall–Kier alpha value is -0.720. The lowest BCUT2D eigenvalue weighted by Gasteiger charge is -2.34. The van der Waals surface area contributed by atoms with Gasteiger partial charge in [0.15, 0.2) is 0 Å². The second kappa shape index (κ2) is 6.12. The van der Waals surface area contributed by atoms with Crippen LogP contribution in [0.3, 0.4) is 0 Å². The molecule has 16 heavy (non-hydrogen) atoms. The molecule has 3 N–H and O–H groups in total. The molecule has 92 valence electrons. The summed E-state index contributed by atoms with van der Waals surface area (Å²) in [5.41, 5.74) is 5.50. The minimum atomic E-state index is -0.280. The number of nitrogens with one attached hydrogen (secondary N) is 1. The van der Waals surface area contributed by atoms with Gasteiger partial charge in [0.05, 0.1) is 18.2 Å². The number of rotatable bonds is 4. The molecule has 0 saturated carbocycles. The smallest absolute Gasteiger partial charge is 0.239 e. The Labute approximate surface area is 101 Å². The Bertz CT molecular complexity index is 271. The highest BCUT2D eigenvalue weighted by atomic mass is 32.1. The van der Waals surface area contributed by atoms with E-state index in [-0.39, 0.29) is 18.0 Å². The van der Waals surface area contributed by atoms with Gasteiger partial charge >= 0.3 is 0 Å². The third-order valence-corrected chi connectivity index (χ3v) is 2.46. The van der Waals surface area contributed by atoms with Gasteiger partial charge in [0, 0.05) is 19.1 Å². The maximum absolute atomic E-state index is 11.9. The molecule has 0 aromatic heterocycles. The summed E-state index contributed by atoms with van der Waals surface area (Å²) in [6.45, 7) is 6.04. The standard InChI is InChI=1S/C10H19N3O2S/c1-7(2)12-10(14)8-6-15-4-3-13(8)5-9(11)16/h7-8H,3-6H2,1-2H3,(H2,11,16)(H,12,14). The van der Waals surface area contributed by atoms with Crippen LogP contribution in [0, 0.1) is 0 Å². The van der Waals surface area contributed by atoms with Gasteiger partial charge in [-0.2, -0.15) is 0 Å². The highest BCUT2D eigenvalue weighted by Crippen LogP contribution is 2.07. The first-order valence-corrected chi connectivity index (χ1v) is 5.82. The van der Waals surface area contributed by atoms with Gasteiger partial charge in [-0.25, -0.2) is 0 Å². The summed E-state index contributed by atoms with van der Waals surface area (Å²) in [6, 6.07) is -0.154. The predicted molar refractivity (Wildman–Crippen MR) is 66.2 cm³/mol. The average molecular weight is 245 g/mol. The highest BCUT2D eigenvalue weighted by molar-refractivity contribution is 7.80. The summed E-state index contributed by atoms with van der Waals surface area (Å²) in [6.07, 6.45) is 0. The van der Waals surface area contributed by atoms with Crippen LogP contribution in [0.25, 0.3) is 0 Å². The fourth-order valence-electron chi connectivity index (χ4n) is 1.65. The molecule has 1 unspecified atom stereocenters. The maximum Gasteiger partial charge on any atom is 0.239 e. The molecule has 0 radical (unpaired) electrons. The van der Waals surface area contributed by atoms with Crippen LogP contribution in [-0.4, -0.2) is 54.2 Å². The molecule has 1 amide bonds. The number of thiocarbonyl (C=S) groups is 1. The zero-order chi connectivity index (χ0) is 12.1. The molecule has 1 fully saturated rings. The van der Waals surface area contributed by atoms with E-state index in [9.17, 15) is 4.79 Å². The molecule has 0 spiro atoms. The number of nitrogens with two attached hydrogens (primary N) is 1. The number of amides is 1. The van der Waals surface area contributed by atoms with E-state index in [0.717, 1.165) is 0 Å². The van der Waals surface area contributed by atoms with Gasteiger partial charge in [-0.15, -0.1) is 0 Å². The summed E-state index contributed by atoms with van der Waals surface area (Å²) in [4.78, 5) is 14.3. The molecule has 5 nitrogen and oxygen atoms in total. The minimum Gasteiger partial charge on any atom is -0.392 e. The molecule has 1 heterocycles. The molecular formula is C10H19N3O2S. The average Bonchev–Trinajstić information content (AvgIpc) is 2.16. The predicted octanol–water partition coefficient (Wildman–Crippen LogP) is -0.502. The fourth-order valence-corrected chi connectivity index (χ4v) is 1.82. The van der Waals surface area contributed by atoms with Crippen LogP contribution < -0.4 is 11.1 Å². The Balaban J connectivity index is 2.58. The number of hydrogen-bond acceptors (Lipinski definition) is 4. The molecule has 1 aliphatic heterocycles. The second-order valence-electron chi connectivity index (χ2n) is 4.19. The molecule has 1 rings (SSSR count). The first-order chi connectivity index (χ1) is 7.50. The number of ether oxygens (including phenoxy) is 1. The van der Waals surface area contributed by atoms with Crippen molar-refractivity contribution in [2.24, 2.45) is 5.73 Å². The van der Waals surface area contributed by atoms with Crippen molar-refractivity contribution < 1.29 is 9.53 Å². The van der Waals surface area contributed by atoms with Gasteiger partial charge in [0.25, 0.3) is 0 Å². The van der Waals surface area contributed by atoms with Crippen LogP contribution in [0.5, 0.6) is 0 Å². The van der Waals surface area contributed by atoms with E-state index in [1.165, 1.54) is 0 Å². The van der Waals surface area contributed by atoms with Gasteiger partial charge in [-0.3, -0.25) is 9.69 Å². The van der Waals surface area contributed by atoms with Crippen LogP contribution in [-0.2, 0) is 9.53 Å². The first kappa shape index (κ1) is 13.3. The van der Waals surface area contributed by atoms with Gasteiger partial charge in [-0.1, -0.05) is 12.2 Å². The molecule has 1 atom stereocenters. The Kier molecular flexibility index (Phi) is 5.11. The lowest BCUT2D eigenvalue weighted by atomic mass is 10.2. The van der Waals surface area contributed by atoms with E-state index in [4.69, 9.17) is 22.7 Å². The molecule has 0 aromatic carbocycles. The summed E-state index contributed by atoms with van der Waals surface area (Å²) in [7, 11) is 0. The van der Waals surface area contributed by atoms with Crippen molar-refractivity contribution in [3.63, 3.8) is 0 Å². The first-order valence-electron chi connectivity index (χ1n) is 5.41. The number of nitrogens with zero attached hydrogens (tertiary/aromatic N) is 1. The zero-order valence-corrected chi connectivity index (χ0v) is 10.5. The zero-order valence-electron chi connectivity index (χ0n) is 9.73. The van der Waals surface area contributed by atoms with Crippen molar-refractivity contribution in [1.29, 1.82) is 0 Å². The van der Waals surface area contributed by atoms with E-state index in [2.05, 4.69) is 5.32 Å². The second-order valence-corrected chi connectivity index (χ2v) is 4.72. The third kappa shape index (κ3) is 4.03. The van der Waals surface area contributed by atoms with Crippen LogP contribution in [0.4, 0.5) is 0 Å². The van der Waals surface area contributed by atoms with Gasteiger partial charge in [-0.05, 0) is 13.8 Å². The van der Waals surface area contributed by atoms with E-state index >= 15 is 0 Å². The van der Waals surface area contributed by atoms with Crippen molar-refractivity contribution in [3.8, 4) is 0 Å². The third-order valence-electron chi connectivity index (χ3n) is 2.33. The maximum atomic E-state index is 11.9. The molecule has 1 aliphatic rings. The SMILES string of the molecule is CC(C)NC(=O)C1COCCN1CC(N)=S. The molecular weight excluding hydrogens is 226 g/mol. The quantitative estimate of drug-likeness (QED) is 0.654. The Morgan fingerprint density at radius 3 is 2.94 bits per heavy atom. The summed E-state index contributed by atoms with van der Waals surface area (Å²) >= 11 is 4.87. The molecule has 0 aliphatic carbocycles. The van der Waals surface area contributed by atoms with Crippen LogP contribution in [0.15, 0.2) is 0 Å². The molecule has 0 bridgehead atoms. The van der Waals surface area contributed by atoms with E-state index < -0.39 is 0 Å². The largest absolute Gasteiger partial charge is 0.392 e. The molecule has 1 saturated heterocycles. The summed E-state index contributed by atoms with van der Waals surface area (Å²) in [5, 5.41) is 2.87. The van der Waals surface area contributed by atoms with E-state index in [1.54, 1.807) is 0 Å². The van der Waals surface area contributed by atoms with Gasteiger partial charge in [0.1, 0.15) is 6.04 Å². The normalized spacial score (nSPS) is 22.1. The van der Waals surface area contributed by atoms with Crippen molar-refractivity contribution >= 4 is 23.1 Å². The number of morpholine rings is 1. The van der Waals surface area contributed by atoms with Crippen molar-refractivity contribution in [2.45, 2.75) is 25.9 Å². The van der Waals surface area contributed by atoms with Gasteiger partial charge in [0.2, 0.25) is 5.91 Å². The molecule has 0 aromatic rings. The van der Waals surface area contributed by atoms with Gasteiger partial charge < -0.3 is 15.8 Å². The topological polar surface area (TPSA) is 67.6 Å². The van der Waals surface area contributed by atoms with Crippen LogP contribution >= 0.6 is 12.2 Å².